The fourth-order valence-corrected chi connectivity index (χ4v) is 1.60. The fraction of sp³-hybridized carbons (Fsp3) is 0.167. The van der Waals surface area contributed by atoms with E-state index in [0.29, 0.717) is 6.54 Å². The largest absolute Gasteiger partial charge is 0.508 e. The number of rotatable bonds is 5. The van der Waals surface area contributed by atoms with E-state index in [0.717, 1.165) is 6.07 Å². The summed E-state index contributed by atoms with van der Waals surface area (Å²) in [6.45, 7) is 0.340. The molecule has 0 fully saturated rings. The Labute approximate surface area is 113 Å². The number of nitrogens with zero attached hydrogens (tertiary/aromatic N) is 3. The molecule has 1 aromatic heterocycles. The minimum atomic E-state index is -1.23. The Morgan fingerprint density at radius 1 is 1.35 bits per heavy atom. The number of aromatic carboxylic acids is 1. The van der Waals surface area contributed by atoms with E-state index in [9.17, 15) is 14.7 Å². The molecule has 1 aromatic carbocycles. The Balaban J connectivity index is 2.02. The van der Waals surface area contributed by atoms with Crippen molar-refractivity contribution in [1.29, 1.82) is 0 Å². The van der Waals surface area contributed by atoms with E-state index in [-0.39, 0.29) is 29.3 Å². The number of carbonyl (C=O) groups is 2. The van der Waals surface area contributed by atoms with Crippen LogP contribution < -0.4 is 5.32 Å². The standard InChI is InChI=1S/C12H12N4O4/c17-8-1-2-10(9(5-8)12(19)20)15-11(18)3-4-16-7-13-6-14-16/h1-2,5-7,17H,3-4H2,(H,15,18)(H,19,20). The molecule has 0 saturated carbocycles. The Hall–Kier alpha value is -2.90. The average Bonchev–Trinajstić information content (AvgIpc) is 2.91. The summed E-state index contributed by atoms with van der Waals surface area (Å²) < 4.78 is 1.49. The SMILES string of the molecule is O=C(CCn1cncn1)Nc1ccc(O)cc1C(=O)O. The number of hydrogen-bond donors (Lipinski definition) is 3. The molecule has 0 aliphatic heterocycles. The quantitative estimate of drug-likeness (QED) is 0.692. The van der Waals surface area contributed by atoms with E-state index in [2.05, 4.69) is 15.4 Å². The van der Waals surface area contributed by atoms with Crippen LogP contribution in [0.3, 0.4) is 0 Å². The normalized spacial score (nSPS) is 10.2. The van der Waals surface area contributed by atoms with Gasteiger partial charge in [0.2, 0.25) is 5.91 Å². The van der Waals surface area contributed by atoms with Crippen molar-refractivity contribution in [2.45, 2.75) is 13.0 Å². The van der Waals surface area contributed by atoms with E-state index in [1.54, 1.807) is 0 Å². The molecule has 3 N–H and O–H groups in total. The lowest BCUT2D eigenvalue weighted by Crippen LogP contribution is -2.16. The highest BCUT2D eigenvalue weighted by Gasteiger charge is 2.13. The second-order valence-corrected chi connectivity index (χ2v) is 3.99. The highest BCUT2D eigenvalue weighted by Crippen LogP contribution is 2.21. The van der Waals surface area contributed by atoms with E-state index in [4.69, 9.17) is 5.11 Å². The summed E-state index contributed by atoms with van der Waals surface area (Å²) in [4.78, 5) is 26.5. The molecule has 1 amide bonds. The molecule has 0 aliphatic carbocycles. The molecule has 8 nitrogen and oxygen atoms in total. The van der Waals surface area contributed by atoms with Crippen LogP contribution in [0, 0.1) is 0 Å². The Kier molecular flexibility index (Phi) is 3.94. The molecule has 0 unspecified atom stereocenters. The predicted octanol–water partition coefficient (Wildman–Crippen LogP) is 0.711. The first kappa shape index (κ1) is 13.5. The lowest BCUT2D eigenvalue weighted by Gasteiger charge is -2.08. The van der Waals surface area contributed by atoms with E-state index < -0.39 is 5.97 Å². The van der Waals surface area contributed by atoms with Gasteiger partial charge in [0.1, 0.15) is 18.4 Å². The van der Waals surface area contributed by atoms with Crippen LogP contribution in [-0.2, 0) is 11.3 Å². The molecule has 0 aliphatic rings. The molecule has 8 heteroatoms. The van der Waals surface area contributed by atoms with Crippen LogP contribution in [0.15, 0.2) is 30.9 Å². The van der Waals surface area contributed by atoms with Crippen molar-refractivity contribution in [3.63, 3.8) is 0 Å². The number of hydrogen-bond acceptors (Lipinski definition) is 5. The summed E-state index contributed by atoms with van der Waals surface area (Å²) in [6.07, 6.45) is 2.97. The van der Waals surface area contributed by atoms with Crippen LogP contribution in [0.2, 0.25) is 0 Å². The minimum absolute atomic E-state index is 0.128. The summed E-state index contributed by atoms with van der Waals surface area (Å²) in [7, 11) is 0. The van der Waals surface area contributed by atoms with Gasteiger partial charge in [-0.3, -0.25) is 9.48 Å². The number of aryl methyl sites for hydroxylation is 1. The predicted molar refractivity (Wildman–Crippen MR) is 68.3 cm³/mol. The van der Waals surface area contributed by atoms with Crippen molar-refractivity contribution in [2.24, 2.45) is 0 Å². The van der Waals surface area contributed by atoms with Gasteiger partial charge in [0, 0.05) is 6.42 Å². The number of benzene rings is 1. The Morgan fingerprint density at radius 2 is 2.15 bits per heavy atom. The van der Waals surface area contributed by atoms with Crippen LogP contribution in [0.1, 0.15) is 16.8 Å². The van der Waals surface area contributed by atoms with Gasteiger partial charge in [-0.2, -0.15) is 5.10 Å². The first-order valence-corrected chi connectivity index (χ1v) is 5.75. The number of aromatic nitrogens is 3. The fourth-order valence-electron chi connectivity index (χ4n) is 1.60. The number of carbonyl (C=O) groups excluding carboxylic acids is 1. The molecule has 2 rings (SSSR count). The molecular weight excluding hydrogens is 264 g/mol. The topological polar surface area (TPSA) is 117 Å². The summed E-state index contributed by atoms with van der Waals surface area (Å²) in [6, 6.07) is 3.72. The molecule has 104 valence electrons. The molecule has 2 aromatic rings. The molecule has 20 heavy (non-hydrogen) atoms. The van der Waals surface area contributed by atoms with Crippen LogP contribution in [0.25, 0.3) is 0 Å². The number of anilines is 1. The maximum atomic E-state index is 11.7. The second-order valence-electron chi connectivity index (χ2n) is 3.99. The van der Waals surface area contributed by atoms with E-state index in [1.165, 1.54) is 29.5 Å². The van der Waals surface area contributed by atoms with Gasteiger partial charge in [0.15, 0.2) is 0 Å². The van der Waals surface area contributed by atoms with Gasteiger partial charge in [0.25, 0.3) is 0 Å². The van der Waals surface area contributed by atoms with Gasteiger partial charge in [-0.05, 0) is 18.2 Å². The number of phenols is 1. The zero-order valence-electron chi connectivity index (χ0n) is 10.4. The lowest BCUT2D eigenvalue weighted by molar-refractivity contribution is -0.116. The van der Waals surface area contributed by atoms with Gasteiger partial charge in [0.05, 0.1) is 17.8 Å². The van der Waals surface area contributed by atoms with Crippen molar-refractivity contribution in [1.82, 2.24) is 14.8 Å². The zero-order chi connectivity index (χ0) is 14.5. The molecule has 1 heterocycles. The first-order valence-electron chi connectivity index (χ1n) is 5.75. The Bertz CT molecular complexity index is 624. The van der Waals surface area contributed by atoms with Crippen LogP contribution in [-0.4, -0.2) is 36.9 Å². The van der Waals surface area contributed by atoms with Gasteiger partial charge in [-0.1, -0.05) is 0 Å². The molecule has 0 saturated heterocycles. The summed E-state index contributed by atoms with van der Waals surface area (Å²) in [5.74, 6) is -1.76. The Morgan fingerprint density at radius 3 is 2.80 bits per heavy atom. The van der Waals surface area contributed by atoms with Gasteiger partial charge in [-0.15, -0.1) is 0 Å². The number of carboxylic acids is 1. The highest BCUT2D eigenvalue weighted by atomic mass is 16.4. The van der Waals surface area contributed by atoms with Crippen molar-refractivity contribution < 1.29 is 19.8 Å². The van der Waals surface area contributed by atoms with E-state index >= 15 is 0 Å². The summed E-state index contributed by atoms with van der Waals surface area (Å²) in [5.41, 5.74) is -0.0296. The van der Waals surface area contributed by atoms with Crippen LogP contribution >= 0.6 is 0 Å². The van der Waals surface area contributed by atoms with Gasteiger partial charge < -0.3 is 15.5 Å². The molecule has 0 spiro atoms. The summed E-state index contributed by atoms with van der Waals surface area (Å²) >= 11 is 0. The number of phenolic OH excluding ortho intramolecular Hbond substituents is 1. The third-order valence-corrected chi connectivity index (χ3v) is 2.54. The van der Waals surface area contributed by atoms with Crippen molar-refractivity contribution in [3.05, 3.63) is 36.4 Å². The maximum absolute atomic E-state index is 11.7. The number of carboxylic acid groups (broad SMARTS) is 1. The van der Waals surface area contributed by atoms with E-state index in [1.807, 2.05) is 0 Å². The van der Waals surface area contributed by atoms with Gasteiger partial charge in [-0.25, -0.2) is 9.78 Å². The highest BCUT2D eigenvalue weighted by molar-refractivity contribution is 6.00. The van der Waals surface area contributed by atoms with Crippen LogP contribution in [0.4, 0.5) is 5.69 Å². The van der Waals surface area contributed by atoms with Gasteiger partial charge >= 0.3 is 5.97 Å². The molecular formula is C12H12N4O4. The first-order chi connectivity index (χ1) is 9.56. The third kappa shape index (κ3) is 3.31. The van der Waals surface area contributed by atoms with Crippen molar-refractivity contribution >= 4 is 17.6 Å². The van der Waals surface area contributed by atoms with Crippen LogP contribution in [0.5, 0.6) is 5.75 Å². The lowest BCUT2D eigenvalue weighted by atomic mass is 10.1. The zero-order valence-corrected chi connectivity index (χ0v) is 10.4. The monoisotopic (exact) mass is 276 g/mol. The minimum Gasteiger partial charge on any atom is -0.508 e. The molecule has 0 atom stereocenters. The number of aromatic hydroxyl groups is 1. The maximum Gasteiger partial charge on any atom is 0.337 e. The van der Waals surface area contributed by atoms with Crippen molar-refractivity contribution in [2.75, 3.05) is 5.32 Å². The number of nitrogens with one attached hydrogen (secondary N) is 1. The third-order valence-electron chi connectivity index (χ3n) is 2.54. The smallest absolute Gasteiger partial charge is 0.337 e. The molecule has 0 bridgehead atoms. The number of amides is 1. The second kappa shape index (κ2) is 5.83. The van der Waals surface area contributed by atoms with Crippen molar-refractivity contribution in [3.8, 4) is 5.75 Å². The molecule has 0 radical (unpaired) electrons. The summed E-state index contributed by atoms with van der Waals surface area (Å²) in [5, 5.41) is 24.6. The average molecular weight is 276 g/mol.